The number of anilines is 2. The lowest BCUT2D eigenvalue weighted by atomic mass is 9.81. The van der Waals surface area contributed by atoms with E-state index in [4.69, 9.17) is 0 Å². The van der Waals surface area contributed by atoms with Crippen molar-refractivity contribution >= 4 is 23.2 Å². The van der Waals surface area contributed by atoms with Gasteiger partial charge < -0.3 is 15.1 Å². The molecule has 1 heterocycles. The maximum Gasteiger partial charge on any atom is 0.258 e. The van der Waals surface area contributed by atoms with Gasteiger partial charge in [0.1, 0.15) is 5.54 Å². The highest BCUT2D eigenvalue weighted by Gasteiger charge is 2.38. The van der Waals surface area contributed by atoms with Crippen molar-refractivity contribution in [1.82, 2.24) is 4.90 Å². The van der Waals surface area contributed by atoms with E-state index >= 15 is 0 Å². The fourth-order valence-corrected chi connectivity index (χ4v) is 4.63. The first kappa shape index (κ1) is 20.9. The first-order valence-electron chi connectivity index (χ1n) is 11.0. The molecule has 6 nitrogen and oxygen atoms in total. The van der Waals surface area contributed by atoms with Gasteiger partial charge in [-0.25, -0.2) is 0 Å². The van der Waals surface area contributed by atoms with Crippen LogP contribution in [0.4, 0.5) is 11.4 Å². The summed E-state index contributed by atoms with van der Waals surface area (Å²) in [4.78, 5) is 29.1. The number of para-hydroxylation sites is 1. The third kappa shape index (κ3) is 4.13. The Balaban J connectivity index is 1.36. The van der Waals surface area contributed by atoms with Crippen LogP contribution in [0.1, 0.15) is 48.0 Å². The zero-order valence-corrected chi connectivity index (χ0v) is 17.9. The number of rotatable bonds is 5. The summed E-state index contributed by atoms with van der Waals surface area (Å²) in [5.41, 5.74) is 2.90. The predicted octanol–water partition coefficient (Wildman–Crippen LogP) is 3.99. The summed E-state index contributed by atoms with van der Waals surface area (Å²) >= 11 is 0. The average Bonchev–Trinajstić information content (AvgIpc) is 3.26. The second-order valence-electron chi connectivity index (χ2n) is 8.42. The van der Waals surface area contributed by atoms with Gasteiger partial charge in [0.15, 0.2) is 0 Å². The van der Waals surface area contributed by atoms with Gasteiger partial charge in [0.2, 0.25) is 5.91 Å². The molecule has 1 saturated carbocycles. The Morgan fingerprint density at radius 1 is 1.10 bits per heavy atom. The second-order valence-corrected chi connectivity index (χ2v) is 8.42. The topological polar surface area (TPSA) is 76.4 Å². The van der Waals surface area contributed by atoms with Gasteiger partial charge >= 0.3 is 0 Å². The fourth-order valence-electron chi connectivity index (χ4n) is 4.63. The van der Waals surface area contributed by atoms with Crippen molar-refractivity contribution in [2.45, 2.75) is 44.1 Å². The molecular formula is C25H28N4O2. The van der Waals surface area contributed by atoms with Crippen LogP contribution in [0.5, 0.6) is 0 Å². The molecule has 1 aliphatic heterocycles. The third-order valence-corrected chi connectivity index (χ3v) is 6.61. The summed E-state index contributed by atoms with van der Waals surface area (Å²) in [7, 11) is 1.73. The highest BCUT2D eigenvalue weighted by atomic mass is 16.2. The van der Waals surface area contributed by atoms with Crippen molar-refractivity contribution < 1.29 is 9.59 Å². The van der Waals surface area contributed by atoms with Crippen LogP contribution in [0, 0.1) is 11.3 Å². The number of carbonyl (C=O) groups excluding carboxylic acids is 2. The molecule has 2 amide bonds. The Morgan fingerprint density at radius 2 is 1.81 bits per heavy atom. The minimum Gasteiger partial charge on any atom is -0.376 e. The van der Waals surface area contributed by atoms with Crippen LogP contribution in [0.2, 0.25) is 0 Å². The smallest absolute Gasteiger partial charge is 0.258 e. The maximum atomic E-state index is 12.9. The van der Waals surface area contributed by atoms with Gasteiger partial charge in [0.25, 0.3) is 5.91 Å². The molecule has 2 aromatic carbocycles. The first-order valence-corrected chi connectivity index (χ1v) is 11.0. The van der Waals surface area contributed by atoms with Gasteiger partial charge in [-0.1, -0.05) is 37.5 Å². The van der Waals surface area contributed by atoms with Crippen molar-refractivity contribution in [2.24, 2.45) is 0 Å². The molecule has 2 aromatic rings. The van der Waals surface area contributed by atoms with Crippen LogP contribution >= 0.6 is 0 Å². The number of likely N-dealkylation sites (N-methyl/N-ethyl adjacent to an activating group) is 1. The predicted molar refractivity (Wildman–Crippen MR) is 121 cm³/mol. The molecule has 2 aliphatic rings. The summed E-state index contributed by atoms with van der Waals surface area (Å²) in [6.07, 6.45) is 5.44. The molecule has 1 aliphatic carbocycles. The summed E-state index contributed by atoms with van der Waals surface area (Å²) in [6, 6.07) is 17.6. The molecule has 0 unspecified atom stereocenters. The summed E-state index contributed by atoms with van der Waals surface area (Å²) < 4.78 is 0. The second kappa shape index (κ2) is 8.81. The van der Waals surface area contributed by atoms with E-state index in [1.54, 1.807) is 24.1 Å². The molecular weight excluding hydrogens is 388 g/mol. The standard InChI is InChI=1S/C25H28N4O2/c1-28(25(18-26)14-5-2-6-15-25)23(30)17-27-21-11-9-20(10-12-21)24(31)29-16-13-19-7-3-4-8-22(19)29/h3-4,7-12,27H,2,5-6,13-17H2,1H3. The van der Waals surface area contributed by atoms with Crippen molar-refractivity contribution in [1.29, 1.82) is 5.26 Å². The van der Waals surface area contributed by atoms with Crippen molar-refractivity contribution in [3.05, 3.63) is 59.7 Å². The number of fused-ring (bicyclic) bond motifs is 1. The number of nitrogens with one attached hydrogen (secondary N) is 1. The quantitative estimate of drug-likeness (QED) is 0.800. The normalized spacial score (nSPS) is 16.8. The molecule has 160 valence electrons. The summed E-state index contributed by atoms with van der Waals surface area (Å²) in [5, 5.41) is 12.8. The molecule has 0 aromatic heterocycles. The van der Waals surface area contributed by atoms with E-state index < -0.39 is 5.54 Å². The fraction of sp³-hybridized carbons (Fsp3) is 0.400. The van der Waals surface area contributed by atoms with Crippen molar-refractivity contribution in [3.63, 3.8) is 0 Å². The molecule has 6 heteroatoms. The zero-order chi connectivity index (χ0) is 21.8. The van der Waals surface area contributed by atoms with E-state index in [1.807, 2.05) is 35.2 Å². The van der Waals surface area contributed by atoms with Gasteiger partial charge in [0.05, 0.1) is 12.6 Å². The lowest BCUT2D eigenvalue weighted by molar-refractivity contribution is -0.132. The van der Waals surface area contributed by atoms with Crippen molar-refractivity contribution in [2.75, 3.05) is 30.4 Å². The highest BCUT2D eigenvalue weighted by molar-refractivity contribution is 6.07. The third-order valence-electron chi connectivity index (χ3n) is 6.61. The van der Waals surface area contributed by atoms with E-state index in [0.29, 0.717) is 12.1 Å². The Hall–Kier alpha value is -3.33. The molecule has 0 atom stereocenters. The average molecular weight is 417 g/mol. The number of nitrogens with zero attached hydrogens (tertiary/aromatic N) is 3. The van der Waals surface area contributed by atoms with E-state index in [0.717, 1.165) is 49.9 Å². The molecule has 0 saturated heterocycles. The van der Waals surface area contributed by atoms with Crippen LogP contribution in [0.25, 0.3) is 0 Å². The Kier molecular flexibility index (Phi) is 5.94. The Morgan fingerprint density at radius 3 is 2.52 bits per heavy atom. The molecule has 1 N–H and O–H groups in total. The van der Waals surface area contributed by atoms with Gasteiger partial charge in [-0.3, -0.25) is 9.59 Å². The van der Waals surface area contributed by atoms with E-state index in [1.165, 1.54) is 5.56 Å². The minimum absolute atomic E-state index is 0.0134. The number of carbonyl (C=O) groups is 2. The molecule has 31 heavy (non-hydrogen) atoms. The number of nitriles is 1. The molecule has 0 bridgehead atoms. The zero-order valence-electron chi connectivity index (χ0n) is 17.9. The first-order chi connectivity index (χ1) is 15.0. The van der Waals surface area contributed by atoms with Crippen LogP contribution in [0.3, 0.4) is 0 Å². The summed E-state index contributed by atoms with van der Waals surface area (Å²) in [5.74, 6) is -0.113. The highest BCUT2D eigenvalue weighted by Crippen LogP contribution is 2.32. The number of hydrogen-bond donors (Lipinski definition) is 1. The lowest BCUT2D eigenvalue weighted by Gasteiger charge is -2.39. The van der Waals surface area contributed by atoms with Crippen molar-refractivity contribution in [3.8, 4) is 6.07 Å². The van der Waals surface area contributed by atoms with Crippen LogP contribution in [-0.4, -0.2) is 42.4 Å². The molecule has 0 radical (unpaired) electrons. The molecule has 4 rings (SSSR count). The Labute approximate surface area is 183 Å². The minimum atomic E-state index is -0.681. The van der Waals surface area contributed by atoms with Gasteiger partial charge in [-0.2, -0.15) is 5.26 Å². The molecule has 0 spiro atoms. The number of hydrogen-bond acceptors (Lipinski definition) is 4. The monoisotopic (exact) mass is 416 g/mol. The van der Waals surface area contributed by atoms with E-state index in [-0.39, 0.29) is 18.4 Å². The largest absolute Gasteiger partial charge is 0.376 e. The van der Waals surface area contributed by atoms with Gasteiger partial charge in [0, 0.05) is 30.5 Å². The SMILES string of the molecule is CN(C(=O)CNc1ccc(C(=O)N2CCc3ccccc32)cc1)C1(C#N)CCCCC1. The number of amides is 2. The van der Waals surface area contributed by atoms with Crippen LogP contribution < -0.4 is 10.2 Å². The van der Waals surface area contributed by atoms with E-state index in [2.05, 4.69) is 17.5 Å². The Bertz CT molecular complexity index is 1000. The number of benzene rings is 2. The van der Waals surface area contributed by atoms with Crippen LogP contribution in [0.15, 0.2) is 48.5 Å². The van der Waals surface area contributed by atoms with Gasteiger partial charge in [-0.15, -0.1) is 0 Å². The van der Waals surface area contributed by atoms with Gasteiger partial charge in [-0.05, 0) is 55.2 Å². The van der Waals surface area contributed by atoms with E-state index in [9.17, 15) is 14.9 Å². The van der Waals surface area contributed by atoms with Crippen LogP contribution in [-0.2, 0) is 11.2 Å². The molecule has 1 fully saturated rings. The maximum absolute atomic E-state index is 12.9. The lowest BCUT2D eigenvalue weighted by Crippen LogP contribution is -2.51. The summed E-state index contributed by atoms with van der Waals surface area (Å²) in [6.45, 7) is 0.812.